The summed E-state index contributed by atoms with van der Waals surface area (Å²) in [6.45, 7) is 4.37. The lowest BCUT2D eigenvalue weighted by Gasteiger charge is -2.04. The zero-order valence-electron chi connectivity index (χ0n) is 8.18. The first-order valence-electron chi connectivity index (χ1n) is 4.73. The minimum absolute atomic E-state index is 1.11. The molecule has 0 fully saturated rings. The van der Waals surface area contributed by atoms with E-state index in [0.717, 1.165) is 17.3 Å². The second-order valence-electron chi connectivity index (χ2n) is 3.00. The summed E-state index contributed by atoms with van der Waals surface area (Å²) in [5.74, 6) is 0. The number of hydrogen-bond acceptors (Lipinski definition) is 0. The van der Waals surface area contributed by atoms with Crippen LogP contribution in [0.1, 0.15) is 32.3 Å². The molecule has 0 radical (unpaired) electrons. The largest absolute Gasteiger partial charge is 0.0810 e. The first kappa shape index (κ1) is 10.5. The van der Waals surface area contributed by atoms with Crippen LogP contribution in [0.2, 0.25) is 0 Å². The number of hydrogen-bond donors (Lipinski definition) is 0. The summed E-state index contributed by atoms with van der Waals surface area (Å²) in [5.41, 5.74) is 2.78. The van der Waals surface area contributed by atoms with Gasteiger partial charge in [0, 0.05) is 4.47 Å². The van der Waals surface area contributed by atoms with Crippen LogP contribution in [0, 0.1) is 0 Å². The van der Waals surface area contributed by atoms with Gasteiger partial charge in [-0.05, 0) is 36.1 Å². The van der Waals surface area contributed by atoms with Crippen LogP contribution >= 0.6 is 15.9 Å². The average Bonchev–Trinajstić information content (AvgIpc) is 2.16. The van der Waals surface area contributed by atoms with Crippen LogP contribution < -0.4 is 0 Å². The number of rotatable bonds is 3. The van der Waals surface area contributed by atoms with E-state index in [4.69, 9.17) is 0 Å². The molecule has 0 aliphatic carbocycles. The summed E-state index contributed by atoms with van der Waals surface area (Å²) < 4.78 is 1.14. The van der Waals surface area contributed by atoms with Crippen molar-refractivity contribution in [3.8, 4) is 0 Å². The van der Waals surface area contributed by atoms with Gasteiger partial charge in [-0.3, -0.25) is 0 Å². The van der Waals surface area contributed by atoms with Crippen LogP contribution in [-0.4, -0.2) is 0 Å². The lowest BCUT2D eigenvalue weighted by Crippen LogP contribution is -1.81. The standard InChI is InChI=1S/C12H15Br/c1-3-5-10(4-2)11-6-8-12(13)9-7-11/h5-9H,3-4H2,1-2H3/b10-5+. The van der Waals surface area contributed by atoms with Gasteiger partial charge in [-0.1, -0.05) is 48.0 Å². The van der Waals surface area contributed by atoms with E-state index in [1.807, 2.05) is 0 Å². The van der Waals surface area contributed by atoms with Crippen molar-refractivity contribution < 1.29 is 0 Å². The molecular weight excluding hydrogens is 224 g/mol. The molecule has 0 aliphatic heterocycles. The predicted octanol–water partition coefficient (Wildman–Crippen LogP) is 4.65. The molecule has 0 aliphatic rings. The van der Waals surface area contributed by atoms with E-state index < -0.39 is 0 Å². The monoisotopic (exact) mass is 238 g/mol. The third-order valence-corrected chi connectivity index (χ3v) is 2.58. The third kappa shape index (κ3) is 3.00. The molecule has 0 saturated carbocycles. The van der Waals surface area contributed by atoms with Crippen LogP contribution in [0.5, 0.6) is 0 Å². The Labute approximate surface area is 88.8 Å². The van der Waals surface area contributed by atoms with Gasteiger partial charge in [-0.2, -0.15) is 0 Å². The average molecular weight is 239 g/mol. The topological polar surface area (TPSA) is 0 Å². The van der Waals surface area contributed by atoms with Crippen molar-refractivity contribution in [3.05, 3.63) is 40.4 Å². The van der Waals surface area contributed by atoms with Crippen LogP contribution in [0.15, 0.2) is 34.8 Å². The SMILES string of the molecule is CC/C=C(\CC)c1ccc(Br)cc1. The molecule has 1 aromatic rings. The Hall–Kier alpha value is -0.560. The van der Waals surface area contributed by atoms with Crippen LogP contribution in [0.4, 0.5) is 0 Å². The summed E-state index contributed by atoms with van der Waals surface area (Å²) >= 11 is 3.44. The van der Waals surface area contributed by atoms with Crippen molar-refractivity contribution in [1.82, 2.24) is 0 Å². The molecule has 1 aromatic carbocycles. The molecule has 0 atom stereocenters. The van der Waals surface area contributed by atoms with Crippen molar-refractivity contribution in [1.29, 1.82) is 0 Å². The fraction of sp³-hybridized carbons (Fsp3) is 0.333. The van der Waals surface area contributed by atoms with Crippen molar-refractivity contribution in [3.63, 3.8) is 0 Å². The summed E-state index contributed by atoms with van der Waals surface area (Å²) in [6, 6.07) is 8.51. The highest BCUT2D eigenvalue weighted by Gasteiger charge is 1.97. The van der Waals surface area contributed by atoms with Crippen LogP contribution in [-0.2, 0) is 0 Å². The Morgan fingerprint density at radius 2 is 1.85 bits per heavy atom. The van der Waals surface area contributed by atoms with E-state index in [2.05, 4.69) is 60.1 Å². The highest BCUT2D eigenvalue weighted by molar-refractivity contribution is 9.10. The van der Waals surface area contributed by atoms with Crippen molar-refractivity contribution in [2.75, 3.05) is 0 Å². The number of halogens is 1. The summed E-state index contributed by atoms with van der Waals surface area (Å²) in [5, 5.41) is 0. The molecule has 0 spiro atoms. The first-order chi connectivity index (χ1) is 6.27. The van der Waals surface area contributed by atoms with Gasteiger partial charge in [0.15, 0.2) is 0 Å². The van der Waals surface area contributed by atoms with Crippen molar-refractivity contribution in [2.24, 2.45) is 0 Å². The minimum Gasteiger partial charge on any atom is -0.0810 e. The molecule has 0 nitrogen and oxygen atoms in total. The predicted molar refractivity (Wildman–Crippen MR) is 62.7 cm³/mol. The number of allylic oxidation sites excluding steroid dienone is 2. The van der Waals surface area contributed by atoms with E-state index >= 15 is 0 Å². The molecule has 0 unspecified atom stereocenters. The molecule has 0 heterocycles. The first-order valence-corrected chi connectivity index (χ1v) is 5.52. The fourth-order valence-electron chi connectivity index (χ4n) is 1.38. The molecule has 0 saturated heterocycles. The molecule has 0 amide bonds. The molecule has 1 rings (SSSR count). The Morgan fingerprint density at radius 1 is 1.23 bits per heavy atom. The fourth-order valence-corrected chi connectivity index (χ4v) is 1.64. The van der Waals surface area contributed by atoms with Crippen LogP contribution in [0.3, 0.4) is 0 Å². The Bertz CT molecular complexity index is 282. The van der Waals surface area contributed by atoms with Crippen molar-refractivity contribution in [2.45, 2.75) is 26.7 Å². The molecule has 13 heavy (non-hydrogen) atoms. The molecule has 70 valence electrons. The maximum atomic E-state index is 3.44. The minimum atomic E-state index is 1.11. The zero-order chi connectivity index (χ0) is 9.68. The zero-order valence-corrected chi connectivity index (χ0v) is 9.76. The normalized spacial score (nSPS) is 11.8. The molecule has 0 aromatic heterocycles. The summed E-state index contributed by atoms with van der Waals surface area (Å²) in [7, 11) is 0. The van der Waals surface area contributed by atoms with Gasteiger partial charge in [0.05, 0.1) is 0 Å². The van der Waals surface area contributed by atoms with Gasteiger partial charge in [0.1, 0.15) is 0 Å². The van der Waals surface area contributed by atoms with Gasteiger partial charge < -0.3 is 0 Å². The highest BCUT2D eigenvalue weighted by Crippen LogP contribution is 2.20. The Balaban J connectivity index is 2.92. The van der Waals surface area contributed by atoms with Gasteiger partial charge in [0.2, 0.25) is 0 Å². The van der Waals surface area contributed by atoms with E-state index in [9.17, 15) is 0 Å². The maximum absolute atomic E-state index is 3.44. The molecule has 0 bridgehead atoms. The smallest absolute Gasteiger partial charge is 0.0175 e. The quantitative estimate of drug-likeness (QED) is 0.720. The molecule has 0 N–H and O–H groups in total. The van der Waals surface area contributed by atoms with E-state index in [1.54, 1.807) is 0 Å². The third-order valence-electron chi connectivity index (χ3n) is 2.05. The lowest BCUT2D eigenvalue weighted by atomic mass is 10.0. The second-order valence-corrected chi connectivity index (χ2v) is 3.91. The van der Waals surface area contributed by atoms with Crippen LogP contribution in [0.25, 0.3) is 5.57 Å². The summed E-state index contributed by atoms with van der Waals surface area (Å²) in [4.78, 5) is 0. The molecule has 1 heteroatoms. The van der Waals surface area contributed by atoms with E-state index in [1.165, 1.54) is 11.1 Å². The van der Waals surface area contributed by atoms with Gasteiger partial charge in [-0.15, -0.1) is 0 Å². The summed E-state index contributed by atoms with van der Waals surface area (Å²) in [6.07, 6.45) is 4.51. The Morgan fingerprint density at radius 3 is 2.31 bits per heavy atom. The van der Waals surface area contributed by atoms with E-state index in [-0.39, 0.29) is 0 Å². The highest BCUT2D eigenvalue weighted by atomic mass is 79.9. The Kier molecular flexibility index (Phi) is 4.23. The maximum Gasteiger partial charge on any atom is 0.0175 e. The molecular formula is C12H15Br. The van der Waals surface area contributed by atoms with E-state index in [0.29, 0.717) is 0 Å². The van der Waals surface area contributed by atoms with Crippen molar-refractivity contribution >= 4 is 21.5 Å². The van der Waals surface area contributed by atoms with Gasteiger partial charge >= 0.3 is 0 Å². The lowest BCUT2D eigenvalue weighted by molar-refractivity contribution is 1.17. The number of benzene rings is 1. The van der Waals surface area contributed by atoms with Gasteiger partial charge in [-0.25, -0.2) is 0 Å². The second kappa shape index (κ2) is 5.23. The van der Waals surface area contributed by atoms with Gasteiger partial charge in [0.25, 0.3) is 0 Å².